The average molecular weight is 312 g/mol. The first-order valence-corrected chi connectivity index (χ1v) is 6.92. The molecule has 4 nitrogen and oxygen atoms in total. The second-order valence-electron chi connectivity index (χ2n) is 6.45. The van der Waals surface area contributed by atoms with E-state index in [1.54, 1.807) is 0 Å². The Hall–Kier alpha value is -1.54. The molecule has 1 aromatic carbocycles. The molecule has 2 aromatic rings. The molecule has 0 amide bonds. The van der Waals surface area contributed by atoms with Crippen molar-refractivity contribution >= 4 is 23.5 Å². The first kappa shape index (κ1) is 15.4. The summed E-state index contributed by atoms with van der Waals surface area (Å²) in [6.45, 7) is 7.56. The van der Waals surface area contributed by atoms with Crippen molar-refractivity contribution in [2.24, 2.45) is 0 Å². The van der Waals surface area contributed by atoms with Gasteiger partial charge in [0.05, 0.1) is 28.5 Å². The lowest BCUT2D eigenvalue weighted by Crippen LogP contribution is -2.41. The SMILES string of the molecule is CC1(C)OB(c2ccc(C(F)(F)F)c3cn[nH]c23)OC1(C)C. The van der Waals surface area contributed by atoms with E-state index in [9.17, 15) is 13.2 Å². The van der Waals surface area contributed by atoms with Crippen molar-refractivity contribution in [3.8, 4) is 0 Å². The minimum atomic E-state index is -4.43. The van der Waals surface area contributed by atoms with Crippen molar-refractivity contribution in [1.82, 2.24) is 10.2 Å². The van der Waals surface area contributed by atoms with Gasteiger partial charge >= 0.3 is 13.3 Å². The summed E-state index contributed by atoms with van der Waals surface area (Å²) in [5, 5.41) is 6.38. The van der Waals surface area contributed by atoms with Gasteiger partial charge in [0, 0.05) is 10.8 Å². The zero-order valence-corrected chi connectivity index (χ0v) is 12.7. The lowest BCUT2D eigenvalue weighted by molar-refractivity contribution is -0.136. The van der Waals surface area contributed by atoms with Crippen LogP contribution in [0.4, 0.5) is 13.2 Å². The van der Waals surface area contributed by atoms with E-state index in [1.807, 2.05) is 27.7 Å². The molecule has 1 aliphatic heterocycles. The van der Waals surface area contributed by atoms with Gasteiger partial charge in [0.2, 0.25) is 0 Å². The third-order valence-electron chi connectivity index (χ3n) is 4.46. The highest BCUT2D eigenvalue weighted by atomic mass is 19.4. The summed E-state index contributed by atoms with van der Waals surface area (Å²) < 4.78 is 50.9. The number of alkyl halides is 3. The summed E-state index contributed by atoms with van der Waals surface area (Å²) >= 11 is 0. The van der Waals surface area contributed by atoms with Crippen molar-refractivity contribution in [3.05, 3.63) is 23.9 Å². The highest BCUT2D eigenvalue weighted by Crippen LogP contribution is 2.38. The molecule has 8 heteroatoms. The van der Waals surface area contributed by atoms with E-state index in [4.69, 9.17) is 9.31 Å². The Labute approximate surface area is 126 Å². The quantitative estimate of drug-likeness (QED) is 0.824. The van der Waals surface area contributed by atoms with Crippen LogP contribution in [0.3, 0.4) is 0 Å². The summed E-state index contributed by atoms with van der Waals surface area (Å²) in [7, 11) is -0.741. The van der Waals surface area contributed by atoms with Crippen molar-refractivity contribution < 1.29 is 22.5 Å². The highest BCUT2D eigenvalue weighted by molar-refractivity contribution is 6.65. The lowest BCUT2D eigenvalue weighted by Gasteiger charge is -2.32. The Morgan fingerprint density at radius 2 is 1.68 bits per heavy atom. The number of aromatic amines is 1. The smallest absolute Gasteiger partial charge is 0.399 e. The molecule has 118 valence electrons. The van der Waals surface area contributed by atoms with Crippen LogP contribution in [0.5, 0.6) is 0 Å². The van der Waals surface area contributed by atoms with Crippen LogP contribution in [0.25, 0.3) is 10.9 Å². The number of H-pyrrole nitrogens is 1. The standard InChI is InChI=1S/C14H16BF3N2O2/c1-12(2)13(3,4)22-15(21-12)10-6-5-9(14(16,17)18)8-7-19-20-11(8)10/h5-7H,1-4H3,(H,19,20). The number of benzene rings is 1. The van der Waals surface area contributed by atoms with E-state index in [0.29, 0.717) is 5.46 Å². The first-order valence-electron chi connectivity index (χ1n) is 6.92. The van der Waals surface area contributed by atoms with E-state index < -0.39 is 30.1 Å². The zero-order valence-electron chi connectivity index (χ0n) is 12.7. The molecule has 22 heavy (non-hydrogen) atoms. The summed E-state index contributed by atoms with van der Waals surface area (Å²) in [4.78, 5) is 0. The normalized spacial score (nSPS) is 20.8. The Bertz CT molecular complexity index is 708. The Balaban J connectivity index is 2.10. The molecule has 0 radical (unpaired) electrons. The molecule has 1 aromatic heterocycles. The highest BCUT2D eigenvalue weighted by Gasteiger charge is 2.52. The predicted octanol–water partition coefficient (Wildman–Crippen LogP) is 2.88. The number of fused-ring (bicyclic) bond motifs is 1. The van der Waals surface area contributed by atoms with E-state index in [-0.39, 0.29) is 10.9 Å². The van der Waals surface area contributed by atoms with Gasteiger partial charge < -0.3 is 9.31 Å². The van der Waals surface area contributed by atoms with Crippen LogP contribution < -0.4 is 5.46 Å². The van der Waals surface area contributed by atoms with Gasteiger partial charge in [-0.3, -0.25) is 5.10 Å². The summed E-state index contributed by atoms with van der Waals surface area (Å²) in [6.07, 6.45) is -3.26. The van der Waals surface area contributed by atoms with E-state index in [0.717, 1.165) is 6.07 Å². The van der Waals surface area contributed by atoms with Crippen molar-refractivity contribution in [2.45, 2.75) is 45.1 Å². The van der Waals surface area contributed by atoms with Crippen LogP contribution in [-0.2, 0) is 15.5 Å². The summed E-state index contributed by atoms with van der Waals surface area (Å²) in [6, 6.07) is 2.42. The second kappa shape index (κ2) is 4.49. The number of hydrogen-bond acceptors (Lipinski definition) is 3. The zero-order chi connectivity index (χ0) is 16.3. The number of aromatic nitrogens is 2. The maximum absolute atomic E-state index is 13.0. The van der Waals surface area contributed by atoms with Crippen LogP contribution in [0.2, 0.25) is 0 Å². The number of nitrogens with zero attached hydrogens (tertiary/aromatic N) is 1. The average Bonchev–Trinajstić information content (AvgIpc) is 2.90. The van der Waals surface area contributed by atoms with Gasteiger partial charge in [0.1, 0.15) is 0 Å². The molecule has 0 spiro atoms. The monoisotopic (exact) mass is 312 g/mol. The molecule has 1 fully saturated rings. The third-order valence-corrected chi connectivity index (χ3v) is 4.46. The van der Waals surface area contributed by atoms with Gasteiger partial charge in [-0.15, -0.1) is 0 Å². The minimum absolute atomic E-state index is 0.0136. The van der Waals surface area contributed by atoms with Crippen molar-refractivity contribution in [2.75, 3.05) is 0 Å². The Kier molecular flexibility index (Phi) is 3.13. The summed E-state index contributed by atoms with van der Waals surface area (Å²) in [5.74, 6) is 0. The fraction of sp³-hybridized carbons (Fsp3) is 0.500. The van der Waals surface area contributed by atoms with Crippen LogP contribution in [0, 0.1) is 0 Å². The number of rotatable bonds is 1. The molecule has 0 atom stereocenters. The number of halogens is 3. The molecule has 1 saturated heterocycles. The van der Waals surface area contributed by atoms with Gasteiger partial charge in [0.15, 0.2) is 0 Å². The second-order valence-corrected chi connectivity index (χ2v) is 6.45. The predicted molar refractivity (Wildman–Crippen MR) is 76.8 cm³/mol. The van der Waals surface area contributed by atoms with Crippen LogP contribution in [-0.4, -0.2) is 28.5 Å². The molecule has 1 N–H and O–H groups in total. The fourth-order valence-electron chi connectivity index (χ4n) is 2.47. The lowest BCUT2D eigenvalue weighted by atomic mass is 9.77. The topological polar surface area (TPSA) is 47.1 Å². The van der Waals surface area contributed by atoms with Crippen LogP contribution in [0.15, 0.2) is 18.3 Å². The van der Waals surface area contributed by atoms with Gasteiger partial charge in [0.25, 0.3) is 0 Å². The maximum atomic E-state index is 13.0. The molecule has 1 aliphatic rings. The van der Waals surface area contributed by atoms with Crippen molar-refractivity contribution in [1.29, 1.82) is 0 Å². The number of nitrogens with one attached hydrogen (secondary N) is 1. The Morgan fingerprint density at radius 1 is 1.09 bits per heavy atom. The molecular formula is C14H16BF3N2O2. The van der Waals surface area contributed by atoms with Crippen molar-refractivity contribution in [3.63, 3.8) is 0 Å². The molecule has 0 aliphatic carbocycles. The molecule has 2 heterocycles. The van der Waals surface area contributed by atoms with E-state index in [2.05, 4.69) is 10.2 Å². The summed E-state index contributed by atoms with van der Waals surface area (Å²) in [5.41, 5.74) is -1.05. The first-order chi connectivity index (χ1) is 10.0. The maximum Gasteiger partial charge on any atom is 0.497 e. The molecular weight excluding hydrogens is 296 g/mol. The van der Waals surface area contributed by atoms with Crippen LogP contribution >= 0.6 is 0 Å². The molecule has 0 bridgehead atoms. The van der Waals surface area contributed by atoms with Gasteiger partial charge in [-0.25, -0.2) is 0 Å². The van der Waals surface area contributed by atoms with Gasteiger partial charge in [-0.1, -0.05) is 6.07 Å². The van der Waals surface area contributed by atoms with Gasteiger partial charge in [-0.05, 0) is 33.8 Å². The third kappa shape index (κ3) is 2.21. The van der Waals surface area contributed by atoms with E-state index in [1.165, 1.54) is 12.3 Å². The largest absolute Gasteiger partial charge is 0.497 e. The van der Waals surface area contributed by atoms with Crippen LogP contribution in [0.1, 0.15) is 33.3 Å². The Morgan fingerprint density at radius 3 is 2.23 bits per heavy atom. The van der Waals surface area contributed by atoms with E-state index >= 15 is 0 Å². The number of hydrogen-bond donors (Lipinski definition) is 1. The van der Waals surface area contributed by atoms with Gasteiger partial charge in [-0.2, -0.15) is 18.3 Å². The molecule has 0 saturated carbocycles. The molecule has 0 unspecified atom stereocenters. The minimum Gasteiger partial charge on any atom is -0.399 e. The molecule has 3 rings (SSSR count). The fourth-order valence-corrected chi connectivity index (χ4v) is 2.47.